The van der Waals surface area contributed by atoms with Gasteiger partial charge in [-0.1, -0.05) is 19.1 Å². The minimum Gasteiger partial charge on any atom is -0.119 e. The summed E-state index contributed by atoms with van der Waals surface area (Å²) in [6.45, 7) is 2.22. The van der Waals surface area contributed by atoms with E-state index in [0.717, 1.165) is 0 Å². The van der Waals surface area contributed by atoms with E-state index in [9.17, 15) is 0 Å². The standard InChI is InChI=1S/C6H10S2/c1-5-3-2-4-8-6(5)7/h5H,2-4H2,1H3. The second kappa shape index (κ2) is 2.83. The van der Waals surface area contributed by atoms with Gasteiger partial charge in [0.15, 0.2) is 0 Å². The molecule has 8 heavy (non-hydrogen) atoms. The second-order valence-corrected chi connectivity index (χ2v) is 4.05. The Hall–Kier alpha value is 0.440. The molecule has 0 aromatic carbocycles. The molecule has 0 spiro atoms. The molecule has 1 aliphatic heterocycles. The lowest BCUT2D eigenvalue weighted by Crippen LogP contribution is -2.10. The quantitative estimate of drug-likeness (QED) is 0.481. The van der Waals surface area contributed by atoms with Crippen molar-refractivity contribution in [3.05, 3.63) is 0 Å². The van der Waals surface area contributed by atoms with E-state index in [1.165, 1.54) is 22.8 Å². The van der Waals surface area contributed by atoms with E-state index in [1.54, 1.807) is 0 Å². The van der Waals surface area contributed by atoms with Crippen LogP contribution in [0.4, 0.5) is 0 Å². The molecule has 1 fully saturated rings. The Bertz CT molecular complexity index is 98.7. The van der Waals surface area contributed by atoms with Gasteiger partial charge in [-0.25, -0.2) is 0 Å². The van der Waals surface area contributed by atoms with Crippen LogP contribution in [0.2, 0.25) is 0 Å². The predicted octanol–water partition coefficient (Wildman–Crippen LogP) is 2.48. The van der Waals surface area contributed by atoms with Gasteiger partial charge in [0.1, 0.15) is 0 Å². The highest BCUT2D eigenvalue weighted by molar-refractivity contribution is 8.23. The summed E-state index contributed by atoms with van der Waals surface area (Å²) in [4.78, 5) is 0. The zero-order valence-corrected chi connectivity index (χ0v) is 6.65. The van der Waals surface area contributed by atoms with Crippen LogP contribution in [0.1, 0.15) is 19.8 Å². The maximum absolute atomic E-state index is 5.09. The van der Waals surface area contributed by atoms with Crippen LogP contribution in [0.3, 0.4) is 0 Å². The first-order chi connectivity index (χ1) is 3.80. The zero-order chi connectivity index (χ0) is 5.98. The fourth-order valence-corrected chi connectivity index (χ4v) is 2.10. The molecule has 0 nitrogen and oxygen atoms in total. The first-order valence-corrected chi connectivity index (χ1v) is 4.37. The van der Waals surface area contributed by atoms with Crippen molar-refractivity contribution in [1.29, 1.82) is 0 Å². The van der Waals surface area contributed by atoms with Crippen molar-refractivity contribution in [2.75, 3.05) is 5.75 Å². The van der Waals surface area contributed by atoms with E-state index in [1.807, 2.05) is 11.8 Å². The molecular formula is C6H10S2. The summed E-state index contributed by atoms with van der Waals surface area (Å²) >= 11 is 6.95. The van der Waals surface area contributed by atoms with Crippen LogP contribution in [0.15, 0.2) is 0 Å². The summed E-state index contributed by atoms with van der Waals surface area (Å²) in [6, 6.07) is 0. The van der Waals surface area contributed by atoms with Crippen LogP contribution in [0.25, 0.3) is 0 Å². The van der Waals surface area contributed by atoms with Gasteiger partial charge in [0.05, 0.1) is 4.20 Å². The average Bonchev–Trinajstić information content (AvgIpc) is 1.77. The maximum Gasteiger partial charge on any atom is 0.0506 e. The van der Waals surface area contributed by atoms with Crippen LogP contribution in [-0.2, 0) is 0 Å². The summed E-state index contributed by atoms with van der Waals surface area (Å²) in [5.74, 6) is 1.95. The van der Waals surface area contributed by atoms with Crippen molar-refractivity contribution < 1.29 is 0 Å². The SMILES string of the molecule is CC1CCCSC1=S. The molecule has 1 heterocycles. The van der Waals surface area contributed by atoms with Crippen LogP contribution in [-0.4, -0.2) is 9.95 Å². The highest BCUT2D eigenvalue weighted by Gasteiger charge is 2.13. The highest BCUT2D eigenvalue weighted by Crippen LogP contribution is 2.24. The Morgan fingerprint density at radius 2 is 2.50 bits per heavy atom. The van der Waals surface area contributed by atoms with Crippen LogP contribution in [0.5, 0.6) is 0 Å². The summed E-state index contributed by atoms with van der Waals surface area (Å²) in [5, 5.41) is 0. The fourth-order valence-electron chi connectivity index (χ4n) is 0.822. The van der Waals surface area contributed by atoms with E-state index < -0.39 is 0 Å². The summed E-state index contributed by atoms with van der Waals surface area (Å²) in [5.41, 5.74) is 0. The molecule has 0 amide bonds. The van der Waals surface area contributed by atoms with Crippen molar-refractivity contribution in [2.24, 2.45) is 5.92 Å². The van der Waals surface area contributed by atoms with Crippen LogP contribution < -0.4 is 0 Å². The number of hydrogen-bond donors (Lipinski definition) is 0. The van der Waals surface area contributed by atoms with Gasteiger partial charge >= 0.3 is 0 Å². The molecule has 2 heteroatoms. The maximum atomic E-state index is 5.09. The molecule has 0 aliphatic carbocycles. The number of hydrogen-bond acceptors (Lipinski definition) is 2. The topological polar surface area (TPSA) is 0 Å². The molecule has 1 rings (SSSR count). The van der Waals surface area contributed by atoms with Gasteiger partial charge in [-0.05, 0) is 24.5 Å². The van der Waals surface area contributed by atoms with Gasteiger partial charge in [-0.15, -0.1) is 11.8 Å². The zero-order valence-electron chi connectivity index (χ0n) is 5.02. The molecule has 1 atom stereocenters. The van der Waals surface area contributed by atoms with Gasteiger partial charge in [-0.2, -0.15) is 0 Å². The van der Waals surface area contributed by atoms with Crippen molar-refractivity contribution in [2.45, 2.75) is 19.8 Å². The van der Waals surface area contributed by atoms with Crippen molar-refractivity contribution >= 4 is 28.2 Å². The monoisotopic (exact) mass is 146 g/mol. The summed E-state index contributed by atoms with van der Waals surface area (Å²) in [6.07, 6.45) is 2.66. The van der Waals surface area contributed by atoms with Crippen molar-refractivity contribution in [3.8, 4) is 0 Å². The first kappa shape index (κ1) is 6.56. The lowest BCUT2D eigenvalue weighted by molar-refractivity contribution is 0.676. The number of thiocarbonyl (C=S) groups is 1. The molecule has 1 aliphatic rings. The van der Waals surface area contributed by atoms with Gasteiger partial charge in [0, 0.05) is 0 Å². The second-order valence-electron chi connectivity index (χ2n) is 2.21. The Morgan fingerprint density at radius 3 is 2.88 bits per heavy atom. The fraction of sp³-hybridized carbons (Fsp3) is 0.833. The third kappa shape index (κ3) is 1.46. The highest BCUT2D eigenvalue weighted by atomic mass is 32.2. The third-order valence-corrected chi connectivity index (χ3v) is 3.36. The lowest BCUT2D eigenvalue weighted by atomic mass is 10.1. The molecule has 1 unspecified atom stereocenters. The van der Waals surface area contributed by atoms with E-state index in [2.05, 4.69) is 6.92 Å². The normalized spacial score (nSPS) is 30.6. The van der Waals surface area contributed by atoms with E-state index in [0.29, 0.717) is 5.92 Å². The molecule has 46 valence electrons. The average molecular weight is 146 g/mol. The minimum atomic E-state index is 0.698. The molecule has 0 N–H and O–H groups in total. The van der Waals surface area contributed by atoms with E-state index in [-0.39, 0.29) is 0 Å². The molecule has 1 saturated heterocycles. The summed E-state index contributed by atoms with van der Waals surface area (Å²) < 4.78 is 1.22. The van der Waals surface area contributed by atoms with Crippen LogP contribution >= 0.6 is 24.0 Å². The number of thioether (sulfide) groups is 1. The van der Waals surface area contributed by atoms with Crippen molar-refractivity contribution in [3.63, 3.8) is 0 Å². The number of rotatable bonds is 0. The Kier molecular flexibility index (Phi) is 2.32. The summed E-state index contributed by atoms with van der Waals surface area (Å²) in [7, 11) is 0. The smallest absolute Gasteiger partial charge is 0.0506 e. The molecule has 0 aromatic rings. The van der Waals surface area contributed by atoms with E-state index in [4.69, 9.17) is 12.2 Å². The Balaban J connectivity index is 2.39. The van der Waals surface area contributed by atoms with Gasteiger partial charge in [-0.3, -0.25) is 0 Å². The van der Waals surface area contributed by atoms with E-state index >= 15 is 0 Å². The Labute approximate surface area is 60.0 Å². The molecule has 0 bridgehead atoms. The Morgan fingerprint density at radius 1 is 1.75 bits per heavy atom. The molecule has 0 aromatic heterocycles. The molecule has 0 radical (unpaired) electrons. The molecule has 0 saturated carbocycles. The third-order valence-electron chi connectivity index (χ3n) is 1.43. The predicted molar refractivity (Wildman–Crippen MR) is 43.5 cm³/mol. The first-order valence-electron chi connectivity index (χ1n) is 2.97. The largest absolute Gasteiger partial charge is 0.119 e. The van der Waals surface area contributed by atoms with Crippen LogP contribution in [0, 0.1) is 5.92 Å². The minimum absolute atomic E-state index is 0.698. The van der Waals surface area contributed by atoms with Crippen molar-refractivity contribution in [1.82, 2.24) is 0 Å². The lowest BCUT2D eigenvalue weighted by Gasteiger charge is -2.17. The molecular weight excluding hydrogens is 136 g/mol. The van der Waals surface area contributed by atoms with Gasteiger partial charge in [0.25, 0.3) is 0 Å². The van der Waals surface area contributed by atoms with Gasteiger partial charge in [0.2, 0.25) is 0 Å². The van der Waals surface area contributed by atoms with Gasteiger partial charge < -0.3 is 0 Å².